The van der Waals surface area contributed by atoms with Crippen LogP contribution in [0.3, 0.4) is 0 Å². The van der Waals surface area contributed by atoms with Gasteiger partial charge in [-0.3, -0.25) is 5.43 Å². The molecule has 5 nitrogen and oxygen atoms in total. The number of thiazole rings is 1. The number of benzene rings is 1. The number of hydrazone groups is 1. The molecule has 0 aliphatic rings. The van der Waals surface area contributed by atoms with Crippen molar-refractivity contribution in [2.24, 2.45) is 5.10 Å². The average Bonchev–Trinajstić information content (AvgIpc) is 2.71. The SMILES string of the molecule is Nc1csc(NN=Cc2cc(Cl)cc(Cl)c2O)n1. The minimum atomic E-state index is -0.0785. The summed E-state index contributed by atoms with van der Waals surface area (Å²) < 4.78 is 0. The first kappa shape index (κ1) is 12.9. The number of nitrogens with two attached hydrogens (primary N) is 1. The number of aromatic hydroxyl groups is 1. The monoisotopic (exact) mass is 302 g/mol. The number of rotatable bonds is 3. The lowest BCUT2D eigenvalue weighted by Crippen LogP contribution is -1.92. The van der Waals surface area contributed by atoms with Crippen LogP contribution in [0, 0.1) is 0 Å². The topological polar surface area (TPSA) is 83.5 Å². The van der Waals surface area contributed by atoms with E-state index in [1.807, 2.05) is 0 Å². The predicted molar refractivity (Wildman–Crippen MR) is 75.9 cm³/mol. The van der Waals surface area contributed by atoms with Crippen LogP contribution in [0.1, 0.15) is 5.56 Å². The molecule has 0 fully saturated rings. The summed E-state index contributed by atoms with van der Waals surface area (Å²) in [5.74, 6) is 0.344. The van der Waals surface area contributed by atoms with Crippen molar-refractivity contribution in [2.75, 3.05) is 11.2 Å². The zero-order valence-electron chi connectivity index (χ0n) is 8.89. The van der Waals surface area contributed by atoms with Gasteiger partial charge in [0.15, 0.2) is 0 Å². The molecule has 1 heterocycles. The molecular formula is C10H8Cl2N4OS. The molecule has 0 radical (unpaired) electrons. The zero-order chi connectivity index (χ0) is 13.1. The van der Waals surface area contributed by atoms with E-state index in [4.69, 9.17) is 28.9 Å². The first-order chi connectivity index (χ1) is 8.56. The molecule has 0 bridgehead atoms. The van der Waals surface area contributed by atoms with Gasteiger partial charge in [0.1, 0.15) is 11.6 Å². The summed E-state index contributed by atoms with van der Waals surface area (Å²) in [6.07, 6.45) is 1.39. The lowest BCUT2D eigenvalue weighted by atomic mass is 10.2. The second kappa shape index (κ2) is 5.43. The Hall–Kier alpha value is -1.50. The molecule has 94 valence electrons. The molecule has 0 saturated heterocycles. The minimum Gasteiger partial charge on any atom is -0.506 e. The maximum Gasteiger partial charge on any atom is 0.205 e. The Kier molecular flexibility index (Phi) is 3.90. The molecule has 0 unspecified atom stereocenters. The van der Waals surface area contributed by atoms with Crippen LogP contribution < -0.4 is 11.2 Å². The standard InChI is InChI=1S/C10H8Cl2N4OS/c11-6-1-5(9(17)7(12)2-6)3-14-16-10-15-8(13)4-18-10/h1-4,17H,13H2,(H,15,16). The van der Waals surface area contributed by atoms with E-state index in [0.29, 0.717) is 21.5 Å². The van der Waals surface area contributed by atoms with Gasteiger partial charge >= 0.3 is 0 Å². The van der Waals surface area contributed by atoms with E-state index < -0.39 is 0 Å². The first-order valence-electron chi connectivity index (χ1n) is 4.74. The second-order valence-electron chi connectivity index (χ2n) is 3.27. The van der Waals surface area contributed by atoms with Crippen molar-refractivity contribution in [1.29, 1.82) is 0 Å². The Morgan fingerprint density at radius 2 is 2.22 bits per heavy atom. The second-order valence-corrected chi connectivity index (χ2v) is 4.97. The van der Waals surface area contributed by atoms with E-state index >= 15 is 0 Å². The van der Waals surface area contributed by atoms with Gasteiger partial charge in [-0.25, -0.2) is 4.98 Å². The van der Waals surface area contributed by atoms with Crippen LogP contribution in [0.5, 0.6) is 5.75 Å². The number of nitrogens with one attached hydrogen (secondary N) is 1. The summed E-state index contributed by atoms with van der Waals surface area (Å²) >= 11 is 12.9. The van der Waals surface area contributed by atoms with Gasteiger partial charge in [-0.15, -0.1) is 11.3 Å². The number of anilines is 2. The molecule has 0 spiro atoms. The third kappa shape index (κ3) is 3.04. The smallest absolute Gasteiger partial charge is 0.205 e. The Bertz CT molecular complexity index is 600. The lowest BCUT2D eigenvalue weighted by Gasteiger charge is -2.02. The third-order valence-corrected chi connectivity index (χ3v) is 3.21. The summed E-state index contributed by atoms with van der Waals surface area (Å²) in [7, 11) is 0. The van der Waals surface area contributed by atoms with Gasteiger partial charge in [0.25, 0.3) is 0 Å². The van der Waals surface area contributed by atoms with Crippen molar-refractivity contribution in [2.45, 2.75) is 0 Å². The number of nitrogens with zero attached hydrogens (tertiary/aromatic N) is 2. The van der Waals surface area contributed by atoms with Crippen molar-refractivity contribution in [3.63, 3.8) is 0 Å². The third-order valence-electron chi connectivity index (χ3n) is 1.94. The number of nitrogen functional groups attached to an aromatic ring is 1. The van der Waals surface area contributed by atoms with Gasteiger partial charge in [-0.2, -0.15) is 5.10 Å². The fourth-order valence-corrected chi connectivity index (χ4v) is 2.24. The van der Waals surface area contributed by atoms with Gasteiger partial charge in [-0.05, 0) is 12.1 Å². The van der Waals surface area contributed by atoms with E-state index in [9.17, 15) is 5.11 Å². The fourth-order valence-electron chi connectivity index (χ4n) is 1.18. The zero-order valence-corrected chi connectivity index (χ0v) is 11.2. The van der Waals surface area contributed by atoms with Crippen molar-refractivity contribution < 1.29 is 5.11 Å². The number of phenols is 1. The molecule has 0 aliphatic heterocycles. The van der Waals surface area contributed by atoms with Crippen molar-refractivity contribution in [3.05, 3.63) is 33.1 Å². The van der Waals surface area contributed by atoms with E-state index in [-0.39, 0.29) is 10.8 Å². The van der Waals surface area contributed by atoms with Crippen LogP contribution in [-0.2, 0) is 0 Å². The van der Waals surface area contributed by atoms with E-state index in [1.54, 1.807) is 11.4 Å². The number of hydrogen-bond acceptors (Lipinski definition) is 6. The summed E-state index contributed by atoms with van der Waals surface area (Å²) in [6, 6.07) is 2.99. The summed E-state index contributed by atoms with van der Waals surface area (Å²) in [5.41, 5.74) is 8.54. The quantitative estimate of drug-likeness (QED) is 0.600. The Morgan fingerprint density at radius 3 is 2.89 bits per heavy atom. The lowest BCUT2D eigenvalue weighted by molar-refractivity contribution is 0.475. The van der Waals surface area contributed by atoms with Crippen LogP contribution >= 0.6 is 34.5 Å². The summed E-state index contributed by atoms with van der Waals surface area (Å²) in [5, 5.41) is 16.4. The van der Waals surface area contributed by atoms with Gasteiger partial charge in [-0.1, -0.05) is 23.2 Å². The number of phenolic OH excluding ortho intramolecular Hbond substituents is 1. The Labute approximate surface area is 117 Å². The maximum absolute atomic E-state index is 9.68. The van der Waals surface area contributed by atoms with Crippen LogP contribution in [0.4, 0.5) is 10.9 Å². The highest BCUT2D eigenvalue weighted by molar-refractivity contribution is 7.14. The number of halogens is 2. The highest BCUT2D eigenvalue weighted by Crippen LogP contribution is 2.30. The predicted octanol–water partition coefficient (Wildman–Crippen LogP) is 3.18. The van der Waals surface area contributed by atoms with Crippen LogP contribution in [-0.4, -0.2) is 16.3 Å². The maximum atomic E-state index is 9.68. The average molecular weight is 303 g/mol. The summed E-state index contributed by atoms with van der Waals surface area (Å²) in [4.78, 5) is 3.96. The largest absolute Gasteiger partial charge is 0.506 e. The van der Waals surface area contributed by atoms with Crippen LogP contribution in [0.25, 0.3) is 0 Å². The van der Waals surface area contributed by atoms with E-state index in [2.05, 4.69) is 15.5 Å². The Morgan fingerprint density at radius 1 is 1.44 bits per heavy atom. The molecule has 4 N–H and O–H groups in total. The number of hydrogen-bond donors (Lipinski definition) is 3. The minimum absolute atomic E-state index is 0.0785. The number of aromatic nitrogens is 1. The van der Waals surface area contributed by atoms with Crippen LogP contribution in [0.15, 0.2) is 22.6 Å². The fraction of sp³-hybridized carbons (Fsp3) is 0. The molecule has 8 heteroatoms. The molecule has 0 atom stereocenters. The van der Waals surface area contributed by atoms with Gasteiger partial charge in [0.05, 0.1) is 11.2 Å². The van der Waals surface area contributed by atoms with Gasteiger partial charge in [0, 0.05) is 16.0 Å². The molecule has 0 aliphatic carbocycles. The van der Waals surface area contributed by atoms with Crippen molar-refractivity contribution in [1.82, 2.24) is 4.98 Å². The molecule has 18 heavy (non-hydrogen) atoms. The molecule has 2 rings (SSSR count). The summed E-state index contributed by atoms with van der Waals surface area (Å²) in [6.45, 7) is 0. The molecule has 0 saturated carbocycles. The molecule has 0 amide bonds. The highest BCUT2D eigenvalue weighted by atomic mass is 35.5. The normalized spacial score (nSPS) is 11.0. The van der Waals surface area contributed by atoms with Crippen molar-refractivity contribution in [3.8, 4) is 5.75 Å². The molecule has 1 aromatic carbocycles. The van der Waals surface area contributed by atoms with Crippen LogP contribution in [0.2, 0.25) is 10.0 Å². The molecule has 2 aromatic rings. The van der Waals surface area contributed by atoms with E-state index in [1.165, 1.54) is 23.6 Å². The van der Waals surface area contributed by atoms with E-state index in [0.717, 1.165) is 0 Å². The van der Waals surface area contributed by atoms with Gasteiger partial charge < -0.3 is 10.8 Å². The Balaban J connectivity index is 2.14. The van der Waals surface area contributed by atoms with Crippen molar-refractivity contribution >= 4 is 51.7 Å². The highest BCUT2D eigenvalue weighted by Gasteiger charge is 2.05. The molecule has 1 aromatic heterocycles. The van der Waals surface area contributed by atoms with Gasteiger partial charge in [0.2, 0.25) is 5.13 Å². The molecular weight excluding hydrogens is 295 g/mol. The first-order valence-corrected chi connectivity index (χ1v) is 6.38.